The molecule has 2 rings (SSSR count). The lowest BCUT2D eigenvalue weighted by molar-refractivity contribution is 1.05. The summed E-state index contributed by atoms with van der Waals surface area (Å²) in [6.07, 6.45) is 3.48. The zero-order chi connectivity index (χ0) is 7.68. The summed E-state index contributed by atoms with van der Waals surface area (Å²) in [7, 11) is 0. The Morgan fingerprint density at radius 1 is 1.36 bits per heavy atom. The molecule has 0 radical (unpaired) electrons. The van der Waals surface area contributed by atoms with Crippen LogP contribution in [-0.4, -0.2) is 15.2 Å². The monoisotopic (exact) mass is 145 g/mol. The minimum atomic E-state index is 0.854. The highest BCUT2D eigenvalue weighted by molar-refractivity contribution is 5.75. The van der Waals surface area contributed by atoms with Crippen molar-refractivity contribution in [2.45, 2.75) is 6.92 Å². The van der Waals surface area contributed by atoms with Gasteiger partial charge in [0, 0.05) is 6.20 Å². The number of pyridine rings is 1. The van der Waals surface area contributed by atoms with Crippen molar-refractivity contribution in [1.82, 2.24) is 15.2 Å². The van der Waals surface area contributed by atoms with Gasteiger partial charge in [-0.2, -0.15) is 5.10 Å². The number of hydrogen-bond acceptors (Lipinski definition) is 3. The van der Waals surface area contributed by atoms with Crippen LogP contribution in [0.4, 0.5) is 0 Å². The van der Waals surface area contributed by atoms with Crippen LogP contribution in [0.2, 0.25) is 0 Å². The molecular weight excluding hydrogens is 138 g/mol. The fourth-order valence-electron chi connectivity index (χ4n) is 1.02. The van der Waals surface area contributed by atoms with Crippen LogP contribution in [0.3, 0.4) is 0 Å². The van der Waals surface area contributed by atoms with Crippen molar-refractivity contribution in [3.05, 3.63) is 30.1 Å². The van der Waals surface area contributed by atoms with E-state index in [0.29, 0.717) is 0 Å². The Morgan fingerprint density at radius 3 is 3.09 bits per heavy atom. The van der Waals surface area contributed by atoms with Crippen LogP contribution in [0.25, 0.3) is 11.0 Å². The minimum absolute atomic E-state index is 0.854. The third-order valence-electron chi connectivity index (χ3n) is 1.58. The average Bonchev–Trinajstić information content (AvgIpc) is 2.06. The molecule has 0 amide bonds. The molecule has 2 aromatic rings. The van der Waals surface area contributed by atoms with Gasteiger partial charge in [-0.3, -0.25) is 4.98 Å². The first-order chi connectivity index (χ1) is 5.38. The Balaban J connectivity index is 2.91. The second-order valence-corrected chi connectivity index (χ2v) is 2.40. The van der Waals surface area contributed by atoms with E-state index < -0.39 is 0 Å². The molecule has 54 valence electrons. The molecule has 3 nitrogen and oxygen atoms in total. The fourth-order valence-corrected chi connectivity index (χ4v) is 1.02. The Morgan fingerprint density at radius 2 is 2.27 bits per heavy atom. The largest absolute Gasteiger partial charge is 0.254 e. The molecule has 0 atom stereocenters. The van der Waals surface area contributed by atoms with Crippen molar-refractivity contribution in [2.24, 2.45) is 0 Å². The molecule has 0 aromatic carbocycles. The molecule has 0 fully saturated rings. The first-order valence-corrected chi connectivity index (χ1v) is 3.41. The maximum Gasteiger partial charge on any atom is 0.112 e. The van der Waals surface area contributed by atoms with Crippen LogP contribution in [0.5, 0.6) is 0 Å². The summed E-state index contributed by atoms with van der Waals surface area (Å²) in [6, 6.07) is 3.76. The maximum atomic E-state index is 4.18. The van der Waals surface area contributed by atoms with Gasteiger partial charge in [-0.25, -0.2) is 0 Å². The first kappa shape index (κ1) is 6.22. The van der Waals surface area contributed by atoms with E-state index in [1.165, 1.54) is 0 Å². The summed E-state index contributed by atoms with van der Waals surface area (Å²) in [5, 5.41) is 7.75. The summed E-state index contributed by atoms with van der Waals surface area (Å²) < 4.78 is 0. The lowest BCUT2D eigenvalue weighted by atomic mass is 10.2. The molecule has 3 heteroatoms. The Hall–Kier alpha value is -1.51. The average molecular weight is 145 g/mol. The molecule has 2 aromatic heterocycles. The SMILES string of the molecule is Cc1cnnc2cccnc12. The molecular formula is C8H7N3. The van der Waals surface area contributed by atoms with E-state index >= 15 is 0 Å². The number of aromatic nitrogens is 3. The molecule has 11 heavy (non-hydrogen) atoms. The van der Waals surface area contributed by atoms with E-state index in [1.54, 1.807) is 12.4 Å². The fraction of sp³-hybridized carbons (Fsp3) is 0.125. The van der Waals surface area contributed by atoms with Gasteiger partial charge in [0.05, 0.1) is 11.7 Å². The van der Waals surface area contributed by atoms with Crippen molar-refractivity contribution in [1.29, 1.82) is 0 Å². The van der Waals surface area contributed by atoms with Gasteiger partial charge in [-0.1, -0.05) is 0 Å². The highest BCUT2D eigenvalue weighted by Crippen LogP contribution is 2.09. The van der Waals surface area contributed by atoms with Crippen LogP contribution in [0.1, 0.15) is 5.56 Å². The first-order valence-electron chi connectivity index (χ1n) is 3.41. The van der Waals surface area contributed by atoms with E-state index in [1.807, 2.05) is 19.1 Å². The molecule has 0 saturated carbocycles. The van der Waals surface area contributed by atoms with Gasteiger partial charge >= 0.3 is 0 Å². The Labute approximate surface area is 64.1 Å². The molecule has 0 saturated heterocycles. The number of rotatable bonds is 0. The topological polar surface area (TPSA) is 38.7 Å². The van der Waals surface area contributed by atoms with Crippen molar-refractivity contribution in [3.63, 3.8) is 0 Å². The van der Waals surface area contributed by atoms with Crippen LogP contribution in [0.15, 0.2) is 24.5 Å². The standard InChI is InChI=1S/C8H7N3/c1-6-5-10-11-7-3-2-4-9-8(6)7/h2-5H,1H3. The number of hydrogen-bond donors (Lipinski definition) is 0. The van der Waals surface area contributed by atoms with Crippen molar-refractivity contribution in [3.8, 4) is 0 Å². The Kier molecular flexibility index (Phi) is 1.28. The summed E-state index contributed by atoms with van der Waals surface area (Å²) in [5.41, 5.74) is 2.85. The van der Waals surface area contributed by atoms with E-state index in [4.69, 9.17) is 0 Å². The predicted molar refractivity (Wildman–Crippen MR) is 42.1 cm³/mol. The zero-order valence-electron chi connectivity index (χ0n) is 6.15. The van der Waals surface area contributed by atoms with Gasteiger partial charge < -0.3 is 0 Å². The van der Waals surface area contributed by atoms with Gasteiger partial charge in [0.2, 0.25) is 0 Å². The third-order valence-corrected chi connectivity index (χ3v) is 1.58. The third kappa shape index (κ3) is 0.941. The number of fused-ring (bicyclic) bond motifs is 1. The highest BCUT2D eigenvalue weighted by Gasteiger charge is 1.96. The zero-order valence-corrected chi connectivity index (χ0v) is 6.15. The molecule has 0 aliphatic carbocycles. The molecule has 0 bridgehead atoms. The minimum Gasteiger partial charge on any atom is -0.254 e. The van der Waals surface area contributed by atoms with Gasteiger partial charge in [0.25, 0.3) is 0 Å². The molecule has 0 N–H and O–H groups in total. The van der Waals surface area contributed by atoms with E-state index in [-0.39, 0.29) is 0 Å². The second kappa shape index (κ2) is 2.27. The quantitative estimate of drug-likeness (QED) is 0.561. The number of nitrogens with zero attached hydrogens (tertiary/aromatic N) is 3. The van der Waals surface area contributed by atoms with Crippen molar-refractivity contribution in [2.75, 3.05) is 0 Å². The normalized spacial score (nSPS) is 10.3. The van der Waals surface area contributed by atoms with Crippen molar-refractivity contribution >= 4 is 11.0 Å². The molecule has 0 aliphatic heterocycles. The number of aryl methyl sites for hydroxylation is 1. The molecule has 2 heterocycles. The summed E-state index contributed by atoms with van der Waals surface area (Å²) in [4.78, 5) is 4.18. The molecule has 0 unspecified atom stereocenters. The lowest BCUT2D eigenvalue weighted by Crippen LogP contribution is -1.88. The van der Waals surface area contributed by atoms with E-state index in [0.717, 1.165) is 16.6 Å². The Bertz CT molecular complexity index is 378. The van der Waals surface area contributed by atoms with Crippen molar-refractivity contribution < 1.29 is 0 Å². The van der Waals surface area contributed by atoms with E-state index in [2.05, 4.69) is 15.2 Å². The lowest BCUT2D eigenvalue weighted by Gasteiger charge is -1.95. The smallest absolute Gasteiger partial charge is 0.112 e. The molecule has 0 spiro atoms. The van der Waals surface area contributed by atoms with Gasteiger partial charge in [0.1, 0.15) is 5.52 Å². The van der Waals surface area contributed by atoms with Gasteiger partial charge in [-0.05, 0) is 24.6 Å². The maximum absolute atomic E-state index is 4.18. The van der Waals surface area contributed by atoms with Crippen LogP contribution in [0, 0.1) is 6.92 Å². The van der Waals surface area contributed by atoms with Crippen LogP contribution >= 0.6 is 0 Å². The summed E-state index contributed by atoms with van der Waals surface area (Å²) >= 11 is 0. The van der Waals surface area contributed by atoms with Crippen LogP contribution in [-0.2, 0) is 0 Å². The second-order valence-electron chi connectivity index (χ2n) is 2.40. The highest BCUT2D eigenvalue weighted by atomic mass is 15.1. The van der Waals surface area contributed by atoms with Gasteiger partial charge in [0.15, 0.2) is 0 Å². The summed E-state index contributed by atoms with van der Waals surface area (Å²) in [5.74, 6) is 0. The van der Waals surface area contributed by atoms with Crippen LogP contribution < -0.4 is 0 Å². The molecule has 0 aliphatic rings. The predicted octanol–water partition coefficient (Wildman–Crippen LogP) is 1.33. The van der Waals surface area contributed by atoms with E-state index in [9.17, 15) is 0 Å². The summed E-state index contributed by atoms with van der Waals surface area (Å²) in [6.45, 7) is 1.98. The van der Waals surface area contributed by atoms with Gasteiger partial charge in [-0.15, -0.1) is 5.10 Å².